The zero-order valence-corrected chi connectivity index (χ0v) is 6.46. The maximum atomic E-state index is 13.0. The molecule has 1 aliphatic heterocycles. The van der Waals surface area contributed by atoms with Gasteiger partial charge in [-0.25, -0.2) is 4.39 Å². The van der Waals surface area contributed by atoms with Crippen LogP contribution in [0.25, 0.3) is 0 Å². The van der Waals surface area contributed by atoms with Crippen LogP contribution in [-0.4, -0.2) is 42.3 Å². The van der Waals surface area contributed by atoms with Gasteiger partial charge >= 0.3 is 0 Å². The molecule has 1 saturated heterocycles. The maximum absolute atomic E-state index is 13.0. The van der Waals surface area contributed by atoms with E-state index >= 15 is 0 Å². The lowest BCUT2D eigenvalue weighted by Crippen LogP contribution is -2.40. The predicted octanol–water partition coefficient (Wildman–Crippen LogP) is -0.286. The van der Waals surface area contributed by atoms with E-state index in [1.165, 1.54) is 0 Å². The first-order valence-corrected chi connectivity index (χ1v) is 3.62. The minimum Gasteiger partial charge on any atom is -0.396 e. The molecule has 4 heteroatoms. The number of halogens is 1. The van der Waals surface area contributed by atoms with Crippen molar-refractivity contribution in [2.75, 3.05) is 19.8 Å². The van der Waals surface area contributed by atoms with Crippen molar-refractivity contribution in [2.24, 2.45) is 5.41 Å². The van der Waals surface area contributed by atoms with Gasteiger partial charge in [0.25, 0.3) is 0 Å². The Hall–Kier alpha value is -0.190. The molecule has 2 unspecified atom stereocenters. The highest BCUT2D eigenvalue weighted by Crippen LogP contribution is 2.36. The first-order valence-electron chi connectivity index (χ1n) is 3.62. The van der Waals surface area contributed by atoms with E-state index in [4.69, 9.17) is 14.9 Å². The third-order valence-electron chi connectivity index (χ3n) is 2.40. The Morgan fingerprint density at radius 1 is 1.64 bits per heavy atom. The van der Waals surface area contributed by atoms with Gasteiger partial charge in [-0.3, -0.25) is 0 Å². The molecule has 1 heterocycles. The van der Waals surface area contributed by atoms with E-state index in [9.17, 15) is 4.39 Å². The average molecular weight is 164 g/mol. The number of aliphatic hydroxyl groups is 2. The largest absolute Gasteiger partial charge is 0.396 e. The van der Waals surface area contributed by atoms with Crippen LogP contribution in [-0.2, 0) is 4.74 Å². The molecule has 3 nitrogen and oxygen atoms in total. The van der Waals surface area contributed by atoms with Crippen molar-refractivity contribution < 1.29 is 19.3 Å². The van der Waals surface area contributed by atoms with Gasteiger partial charge < -0.3 is 14.9 Å². The molecule has 0 aliphatic carbocycles. The van der Waals surface area contributed by atoms with Crippen LogP contribution in [0.15, 0.2) is 0 Å². The first-order chi connectivity index (χ1) is 5.15. The van der Waals surface area contributed by atoms with E-state index in [1.807, 2.05) is 0 Å². The minimum atomic E-state index is -1.18. The Balaban J connectivity index is 2.70. The van der Waals surface area contributed by atoms with E-state index in [-0.39, 0.29) is 19.8 Å². The molecule has 0 radical (unpaired) electrons. The number of hydrogen-bond donors (Lipinski definition) is 2. The molecule has 66 valence electrons. The first kappa shape index (κ1) is 8.90. The molecule has 0 bridgehead atoms. The van der Waals surface area contributed by atoms with Crippen LogP contribution in [0.3, 0.4) is 0 Å². The van der Waals surface area contributed by atoms with Gasteiger partial charge in [0, 0.05) is 0 Å². The molecule has 0 aromatic heterocycles. The fourth-order valence-corrected chi connectivity index (χ4v) is 1.25. The Morgan fingerprint density at radius 3 is 2.64 bits per heavy atom. The summed E-state index contributed by atoms with van der Waals surface area (Å²) < 4.78 is 17.9. The van der Waals surface area contributed by atoms with Gasteiger partial charge in [0.15, 0.2) is 0 Å². The highest BCUT2D eigenvalue weighted by atomic mass is 19.1. The zero-order chi connectivity index (χ0) is 8.48. The quantitative estimate of drug-likeness (QED) is 0.590. The molecule has 1 fully saturated rings. The van der Waals surface area contributed by atoms with Crippen LogP contribution < -0.4 is 0 Å². The lowest BCUT2D eigenvalue weighted by molar-refractivity contribution is -0.0186. The Bertz CT molecular complexity index is 142. The van der Waals surface area contributed by atoms with Crippen LogP contribution in [0, 0.1) is 5.41 Å². The van der Waals surface area contributed by atoms with E-state index in [2.05, 4.69) is 0 Å². The topological polar surface area (TPSA) is 49.7 Å². The molecule has 2 N–H and O–H groups in total. The fraction of sp³-hybridized carbons (Fsp3) is 1.00. The fourth-order valence-electron chi connectivity index (χ4n) is 1.25. The third kappa shape index (κ3) is 1.26. The number of ether oxygens (including phenoxy) is 1. The van der Waals surface area contributed by atoms with Gasteiger partial charge in [-0.05, 0) is 0 Å². The van der Waals surface area contributed by atoms with Crippen molar-refractivity contribution in [3.8, 4) is 0 Å². The van der Waals surface area contributed by atoms with Crippen molar-refractivity contribution in [1.29, 1.82) is 0 Å². The van der Waals surface area contributed by atoms with E-state index < -0.39 is 17.7 Å². The number of alkyl halides is 1. The van der Waals surface area contributed by atoms with Crippen LogP contribution in [0.4, 0.5) is 4.39 Å². The lowest BCUT2D eigenvalue weighted by Gasteiger charge is -2.27. The Morgan fingerprint density at radius 2 is 2.27 bits per heavy atom. The molecule has 0 saturated carbocycles. The molecule has 0 aromatic rings. The smallest absolute Gasteiger partial charge is 0.133 e. The number of hydrogen-bond acceptors (Lipinski definition) is 3. The average Bonchev–Trinajstić information content (AvgIpc) is 2.30. The molecular weight excluding hydrogens is 151 g/mol. The van der Waals surface area contributed by atoms with Crippen molar-refractivity contribution >= 4 is 0 Å². The Labute approximate surface area is 64.8 Å². The summed E-state index contributed by atoms with van der Waals surface area (Å²) in [4.78, 5) is 0. The SMILES string of the molecule is C[C@]1(CO)C(F)COC1CO. The second kappa shape index (κ2) is 3.05. The molecular formula is C7H13FO3. The summed E-state index contributed by atoms with van der Waals surface area (Å²) in [6, 6.07) is 0. The van der Waals surface area contributed by atoms with Crippen molar-refractivity contribution in [3.63, 3.8) is 0 Å². The van der Waals surface area contributed by atoms with Gasteiger partial charge in [-0.1, -0.05) is 6.92 Å². The second-order valence-corrected chi connectivity index (χ2v) is 3.14. The summed E-state index contributed by atoms with van der Waals surface area (Å²) in [5, 5.41) is 17.6. The van der Waals surface area contributed by atoms with Gasteiger partial charge in [0.1, 0.15) is 6.17 Å². The van der Waals surface area contributed by atoms with Crippen LogP contribution in [0.5, 0.6) is 0 Å². The van der Waals surface area contributed by atoms with Gasteiger partial charge in [-0.2, -0.15) is 0 Å². The highest BCUT2D eigenvalue weighted by Gasteiger charge is 2.47. The summed E-state index contributed by atoms with van der Waals surface area (Å²) in [5.41, 5.74) is -0.922. The normalized spacial score (nSPS) is 44.7. The molecule has 1 aliphatic rings. The summed E-state index contributed by atoms with van der Waals surface area (Å²) in [7, 11) is 0. The van der Waals surface area contributed by atoms with Crippen molar-refractivity contribution in [2.45, 2.75) is 19.2 Å². The van der Waals surface area contributed by atoms with E-state index in [0.717, 1.165) is 0 Å². The number of rotatable bonds is 2. The summed E-state index contributed by atoms with van der Waals surface area (Å²) in [6.07, 6.45) is -1.74. The molecule has 1 rings (SSSR count). The maximum Gasteiger partial charge on any atom is 0.133 e. The number of aliphatic hydroxyl groups excluding tert-OH is 2. The van der Waals surface area contributed by atoms with Gasteiger partial charge in [0.2, 0.25) is 0 Å². The lowest BCUT2D eigenvalue weighted by atomic mass is 9.83. The van der Waals surface area contributed by atoms with Crippen molar-refractivity contribution in [3.05, 3.63) is 0 Å². The monoisotopic (exact) mass is 164 g/mol. The van der Waals surface area contributed by atoms with Crippen LogP contribution >= 0.6 is 0 Å². The summed E-state index contributed by atoms with van der Waals surface area (Å²) in [6.45, 7) is 1.02. The standard InChI is InChI=1S/C7H13FO3/c1-7(4-10)5(8)3-11-6(7)2-9/h5-6,9-10H,2-4H2,1H3/t5?,6?,7-/m0/s1. The molecule has 3 atom stereocenters. The van der Waals surface area contributed by atoms with E-state index in [0.29, 0.717) is 0 Å². The molecule has 0 spiro atoms. The summed E-state index contributed by atoms with van der Waals surface area (Å²) >= 11 is 0. The zero-order valence-electron chi connectivity index (χ0n) is 6.46. The molecule has 0 amide bonds. The summed E-state index contributed by atoms with van der Waals surface area (Å²) in [5.74, 6) is 0. The van der Waals surface area contributed by atoms with Crippen LogP contribution in [0.1, 0.15) is 6.92 Å². The van der Waals surface area contributed by atoms with Crippen molar-refractivity contribution in [1.82, 2.24) is 0 Å². The van der Waals surface area contributed by atoms with Crippen LogP contribution in [0.2, 0.25) is 0 Å². The highest BCUT2D eigenvalue weighted by molar-refractivity contribution is 4.94. The third-order valence-corrected chi connectivity index (χ3v) is 2.40. The molecule has 11 heavy (non-hydrogen) atoms. The Kier molecular flexibility index (Phi) is 2.47. The van der Waals surface area contributed by atoms with Gasteiger partial charge in [-0.15, -0.1) is 0 Å². The molecule has 0 aromatic carbocycles. The predicted molar refractivity (Wildman–Crippen MR) is 36.9 cm³/mol. The van der Waals surface area contributed by atoms with E-state index in [1.54, 1.807) is 6.92 Å². The minimum absolute atomic E-state index is 0.0255. The second-order valence-electron chi connectivity index (χ2n) is 3.14. The van der Waals surface area contributed by atoms with Gasteiger partial charge in [0.05, 0.1) is 31.3 Å².